The van der Waals surface area contributed by atoms with Crippen LogP contribution in [0.5, 0.6) is 0 Å². The lowest BCUT2D eigenvalue weighted by Gasteiger charge is -2.29. The fourth-order valence-corrected chi connectivity index (χ4v) is 3.26. The van der Waals surface area contributed by atoms with Gasteiger partial charge in [0.05, 0.1) is 5.69 Å². The molecule has 1 saturated heterocycles. The average molecular weight is 390 g/mol. The minimum Gasteiger partial charge on any atom is -0.321 e. The zero-order chi connectivity index (χ0) is 19.9. The molecule has 2 amide bonds. The third-order valence-corrected chi connectivity index (χ3v) is 4.76. The maximum Gasteiger partial charge on any atom is 0.279 e. The minimum atomic E-state index is -0.452. The van der Waals surface area contributed by atoms with Gasteiger partial charge in [-0.25, -0.2) is 8.78 Å². The van der Waals surface area contributed by atoms with E-state index in [2.05, 4.69) is 10.6 Å². The van der Waals surface area contributed by atoms with Crippen LogP contribution in [-0.2, 0) is 9.59 Å². The average Bonchev–Trinajstić information content (AvgIpc) is 2.67. The van der Waals surface area contributed by atoms with Gasteiger partial charge in [-0.3, -0.25) is 9.59 Å². The Labute approximate surface area is 162 Å². The first-order valence-corrected chi connectivity index (χ1v) is 9.26. The molecule has 8 heteroatoms. The maximum absolute atomic E-state index is 13.6. The summed E-state index contributed by atoms with van der Waals surface area (Å²) in [6, 6.07) is 11.7. The molecule has 0 bridgehead atoms. The normalized spacial score (nSPS) is 19.1. The SMILES string of the molecule is O=C(C[NH+]1CC[NH+](CC(=O)Nc2ccccc2F)CC1)Nc1ccc(F)cc1. The lowest BCUT2D eigenvalue weighted by atomic mass is 10.2. The molecule has 0 spiro atoms. The van der Waals surface area contributed by atoms with Crippen LogP contribution in [0, 0.1) is 11.6 Å². The Balaban J connectivity index is 1.39. The van der Waals surface area contributed by atoms with E-state index in [1.807, 2.05) is 0 Å². The second kappa shape index (κ2) is 9.38. The Hall–Kier alpha value is -2.84. The van der Waals surface area contributed by atoms with E-state index in [-0.39, 0.29) is 29.9 Å². The summed E-state index contributed by atoms with van der Waals surface area (Å²) in [6.07, 6.45) is 0. The molecule has 1 aliphatic rings. The third-order valence-electron chi connectivity index (χ3n) is 4.76. The molecule has 1 aliphatic heterocycles. The molecule has 2 aromatic rings. The Bertz CT molecular complexity index is 821. The molecule has 6 nitrogen and oxygen atoms in total. The zero-order valence-electron chi connectivity index (χ0n) is 15.4. The quantitative estimate of drug-likeness (QED) is 0.529. The van der Waals surface area contributed by atoms with Gasteiger partial charge in [0, 0.05) is 5.69 Å². The number of benzene rings is 2. The van der Waals surface area contributed by atoms with Crippen molar-refractivity contribution in [3.63, 3.8) is 0 Å². The molecule has 0 radical (unpaired) electrons. The van der Waals surface area contributed by atoms with E-state index in [1.54, 1.807) is 12.1 Å². The standard InChI is InChI=1S/C20H22F2N4O2/c21-15-5-7-16(8-6-15)23-19(27)13-25-9-11-26(12-10-25)14-20(28)24-18-4-2-1-3-17(18)22/h1-8H,9-14H2,(H,23,27)(H,24,28)/p+2. The summed E-state index contributed by atoms with van der Waals surface area (Å²) >= 11 is 0. The summed E-state index contributed by atoms with van der Waals surface area (Å²) in [5.74, 6) is -1.14. The summed E-state index contributed by atoms with van der Waals surface area (Å²) in [5, 5.41) is 5.36. The van der Waals surface area contributed by atoms with Gasteiger partial charge in [0.15, 0.2) is 13.1 Å². The first-order chi connectivity index (χ1) is 13.5. The van der Waals surface area contributed by atoms with Gasteiger partial charge in [0.25, 0.3) is 11.8 Å². The molecule has 4 N–H and O–H groups in total. The molecule has 0 aromatic heterocycles. The molecule has 0 unspecified atom stereocenters. The van der Waals surface area contributed by atoms with E-state index in [0.717, 1.165) is 36.0 Å². The highest BCUT2D eigenvalue weighted by molar-refractivity contribution is 5.92. The van der Waals surface area contributed by atoms with Crippen molar-refractivity contribution < 1.29 is 28.2 Å². The van der Waals surface area contributed by atoms with E-state index in [0.29, 0.717) is 12.2 Å². The number of rotatable bonds is 6. The van der Waals surface area contributed by atoms with Crippen LogP contribution in [-0.4, -0.2) is 51.1 Å². The number of para-hydroxylation sites is 1. The number of piperazine rings is 1. The van der Waals surface area contributed by atoms with Crippen molar-refractivity contribution in [3.05, 3.63) is 60.2 Å². The number of quaternary nitrogens is 2. The first-order valence-electron chi connectivity index (χ1n) is 9.26. The van der Waals surface area contributed by atoms with Gasteiger partial charge in [-0.15, -0.1) is 0 Å². The minimum absolute atomic E-state index is 0.123. The fraction of sp³-hybridized carbons (Fsp3) is 0.300. The van der Waals surface area contributed by atoms with E-state index in [9.17, 15) is 18.4 Å². The fourth-order valence-electron chi connectivity index (χ4n) is 3.26. The van der Waals surface area contributed by atoms with Gasteiger partial charge < -0.3 is 20.4 Å². The number of hydrogen-bond acceptors (Lipinski definition) is 2. The molecule has 1 fully saturated rings. The molecule has 3 rings (SSSR count). The maximum atomic E-state index is 13.6. The van der Waals surface area contributed by atoms with Crippen molar-refractivity contribution in [2.45, 2.75) is 0 Å². The van der Waals surface area contributed by atoms with E-state index < -0.39 is 5.82 Å². The first kappa shape index (κ1) is 19.9. The summed E-state index contributed by atoms with van der Waals surface area (Å²) in [4.78, 5) is 26.5. The summed E-state index contributed by atoms with van der Waals surface area (Å²) in [5.41, 5.74) is 0.758. The van der Waals surface area contributed by atoms with Crippen LogP contribution in [0.15, 0.2) is 48.5 Å². The van der Waals surface area contributed by atoms with Crippen molar-refractivity contribution in [2.75, 3.05) is 49.9 Å². The predicted octanol–water partition coefficient (Wildman–Crippen LogP) is -0.675. The second-order valence-corrected chi connectivity index (χ2v) is 6.94. The van der Waals surface area contributed by atoms with Crippen molar-refractivity contribution in [2.24, 2.45) is 0 Å². The van der Waals surface area contributed by atoms with Gasteiger partial charge in [-0.05, 0) is 36.4 Å². The third kappa shape index (κ3) is 5.83. The Morgan fingerprint density at radius 2 is 1.32 bits per heavy atom. The Morgan fingerprint density at radius 3 is 1.89 bits per heavy atom. The lowest BCUT2D eigenvalue weighted by Crippen LogP contribution is -3.28. The number of nitrogens with one attached hydrogen (secondary N) is 4. The van der Waals surface area contributed by atoms with Crippen LogP contribution in [0.1, 0.15) is 0 Å². The smallest absolute Gasteiger partial charge is 0.279 e. The Morgan fingerprint density at radius 1 is 0.786 bits per heavy atom. The number of hydrogen-bond donors (Lipinski definition) is 4. The largest absolute Gasteiger partial charge is 0.321 e. The van der Waals surface area contributed by atoms with Gasteiger partial charge in [0.1, 0.15) is 37.8 Å². The van der Waals surface area contributed by atoms with Gasteiger partial charge in [-0.2, -0.15) is 0 Å². The molecule has 28 heavy (non-hydrogen) atoms. The Kier molecular flexibility index (Phi) is 6.67. The van der Waals surface area contributed by atoms with Crippen LogP contribution in [0.4, 0.5) is 20.2 Å². The molecule has 0 aliphatic carbocycles. The van der Waals surface area contributed by atoms with Crippen LogP contribution >= 0.6 is 0 Å². The molecule has 1 heterocycles. The highest BCUT2D eigenvalue weighted by atomic mass is 19.1. The van der Waals surface area contributed by atoms with Crippen LogP contribution < -0.4 is 20.4 Å². The van der Waals surface area contributed by atoms with Crippen LogP contribution in [0.25, 0.3) is 0 Å². The molecular formula is C20H24F2N4O2+2. The molecule has 148 valence electrons. The second-order valence-electron chi connectivity index (χ2n) is 6.94. The van der Waals surface area contributed by atoms with Gasteiger partial charge in [0.2, 0.25) is 0 Å². The lowest BCUT2D eigenvalue weighted by molar-refractivity contribution is -1.00. The van der Waals surface area contributed by atoms with E-state index >= 15 is 0 Å². The van der Waals surface area contributed by atoms with Crippen molar-refractivity contribution in [1.82, 2.24) is 0 Å². The summed E-state index contributed by atoms with van der Waals surface area (Å²) in [6.45, 7) is 3.63. The molecular weight excluding hydrogens is 366 g/mol. The van der Waals surface area contributed by atoms with Crippen LogP contribution in [0.3, 0.4) is 0 Å². The number of halogens is 2. The number of carbonyl (C=O) groups is 2. The van der Waals surface area contributed by atoms with Crippen molar-refractivity contribution in [1.29, 1.82) is 0 Å². The summed E-state index contributed by atoms with van der Waals surface area (Å²) < 4.78 is 26.5. The monoisotopic (exact) mass is 390 g/mol. The zero-order valence-corrected chi connectivity index (χ0v) is 15.4. The molecule has 0 atom stereocenters. The van der Waals surface area contributed by atoms with Gasteiger partial charge in [-0.1, -0.05) is 12.1 Å². The van der Waals surface area contributed by atoms with E-state index in [4.69, 9.17) is 0 Å². The van der Waals surface area contributed by atoms with Crippen molar-refractivity contribution in [3.8, 4) is 0 Å². The highest BCUT2D eigenvalue weighted by Crippen LogP contribution is 2.11. The topological polar surface area (TPSA) is 67.1 Å². The van der Waals surface area contributed by atoms with Crippen molar-refractivity contribution >= 4 is 23.2 Å². The molecule has 2 aromatic carbocycles. The number of carbonyl (C=O) groups excluding carboxylic acids is 2. The molecule has 0 saturated carbocycles. The summed E-state index contributed by atoms with van der Waals surface area (Å²) in [7, 11) is 0. The van der Waals surface area contributed by atoms with E-state index in [1.165, 1.54) is 36.4 Å². The number of anilines is 2. The number of amides is 2. The predicted molar refractivity (Wildman–Crippen MR) is 101 cm³/mol. The highest BCUT2D eigenvalue weighted by Gasteiger charge is 2.26. The van der Waals surface area contributed by atoms with Gasteiger partial charge >= 0.3 is 0 Å². The van der Waals surface area contributed by atoms with Crippen LogP contribution in [0.2, 0.25) is 0 Å².